The standard InChI is InChI=1S/C44H25N5O.Pt/c1-2-10-28(11-3-1)48-39-18-7-5-15-36(39)41-40(48)22-21-34-35-16-9-23-45-44(35)49(42(34)41)29-12-8-13-30(26-29)50-31-19-20-32-33-14-4-6-17-38(33)47-25-24-46-43(47)37(32)27-31;/h1-25H;/q-2;+2. The third-order valence-electron chi connectivity index (χ3n) is 9.79. The molecule has 11 rings (SSSR count). The molecule has 0 fully saturated rings. The average molecular weight is 835 g/mol. The predicted molar refractivity (Wildman–Crippen MR) is 201 cm³/mol. The summed E-state index contributed by atoms with van der Waals surface area (Å²) in [4.78, 5) is 9.60. The molecule has 0 N–H and O–H groups in total. The van der Waals surface area contributed by atoms with Crippen LogP contribution in [0.25, 0.3) is 82.4 Å². The van der Waals surface area contributed by atoms with E-state index in [-0.39, 0.29) is 21.1 Å². The molecule has 0 aliphatic rings. The van der Waals surface area contributed by atoms with E-state index >= 15 is 0 Å². The maximum absolute atomic E-state index is 6.52. The number of pyridine rings is 2. The topological polar surface area (TPSA) is 49.3 Å². The van der Waals surface area contributed by atoms with Crippen molar-refractivity contribution in [1.29, 1.82) is 0 Å². The van der Waals surface area contributed by atoms with Crippen molar-refractivity contribution in [2.24, 2.45) is 0 Å². The van der Waals surface area contributed by atoms with Gasteiger partial charge in [-0.3, -0.25) is 4.98 Å². The molecule has 6 nitrogen and oxygen atoms in total. The molecular formula is C44H25N5OPt. The van der Waals surface area contributed by atoms with Crippen molar-refractivity contribution < 1.29 is 25.8 Å². The van der Waals surface area contributed by atoms with Crippen LogP contribution < -0.4 is 4.74 Å². The van der Waals surface area contributed by atoms with Crippen LogP contribution in [0, 0.1) is 12.1 Å². The first kappa shape index (κ1) is 29.7. The van der Waals surface area contributed by atoms with Gasteiger partial charge in [-0.1, -0.05) is 83.2 Å². The molecule has 6 aromatic carbocycles. The van der Waals surface area contributed by atoms with E-state index < -0.39 is 0 Å². The largest absolute Gasteiger partial charge is 2.00 e. The monoisotopic (exact) mass is 834 g/mol. The van der Waals surface area contributed by atoms with E-state index in [1.165, 1.54) is 10.8 Å². The molecule has 5 aromatic heterocycles. The molecule has 242 valence electrons. The zero-order chi connectivity index (χ0) is 32.8. The molecule has 7 heteroatoms. The number of fused-ring (bicyclic) bond motifs is 13. The van der Waals surface area contributed by atoms with Gasteiger partial charge in [-0.25, -0.2) is 4.98 Å². The minimum atomic E-state index is 0. The van der Waals surface area contributed by atoms with Crippen LogP contribution in [0.4, 0.5) is 0 Å². The number of aromatic nitrogens is 5. The summed E-state index contributed by atoms with van der Waals surface area (Å²) in [5, 5.41) is 7.69. The van der Waals surface area contributed by atoms with Gasteiger partial charge in [0.2, 0.25) is 0 Å². The molecule has 0 atom stereocenters. The molecule has 0 spiro atoms. The Morgan fingerprint density at radius 1 is 0.490 bits per heavy atom. The predicted octanol–water partition coefficient (Wildman–Crippen LogP) is 10.6. The Labute approximate surface area is 306 Å². The van der Waals surface area contributed by atoms with Crippen LogP contribution in [0.15, 0.2) is 152 Å². The van der Waals surface area contributed by atoms with Crippen LogP contribution in [-0.2, 0) is 21.1 Å². The van der Waals surface area contributed by atoms with Gasteiger partial charge < -0.3 is 18.3 Å². The molecule has 0 saturated heterocycles. The minimum absolute atomic E-state index is 0. The smallest absolute Gasteiger partial charge is 0.503 e. The number of nitrogens with zero attached hydrogens (tertiary/aromatic N) is 5. The molecule has 0 unspecified atom stereocenters. The molecule has 51 heavy (non-hydrogen) atoms. The van der Waals surface area contributed by atoms with E-state index in [9.17, 15) is 0 Å². The first-order valence-electron chi connectivity index (χ1n) is 16.6. The Bertz CT molecular complexity index is 3140. The minimum Gasteiger partial charge on any atom is -0.503 e. The van der Waals surface area contributed by atoms with Gasteiger partial charge in [0.25, 0.3) is 0 Å². The molecule has 0 bridgehead atoms. The average Bonchev–Trinajstić information content (AvgIpc) is 3.89. The van der Waals surface area contributed by atoms with E-state index in [1.54, 1.807) is 0 Å². The van der Waals surface area contributed by atoms with Crippen molar-refractivity contribution in [3.05, 3.63) is 164 Å². The van der Waals surface area contributed by atoms with Crippen LogP contribution in [0.2, 0.25) is 0 Å². The van der Waals surface area contributed by atoms with E-state index in [4.69, 9.17) is 9.72 Å². The van der Waals surface area contributed by atoms with Gasteiger partial charge in [0.05, 0.1) is 22.2 Å². The van der Waals surface area contributed by atoms with Crippen molar-refractivity contribution in [1.82, 2.24) is 23.5 Å². The van der Waals surface area contributed by atoms with Gasteiger partial charge in [-0.05, 0) is 47.9 Å². The molecular weight excluding hydrogens is 810 g/mol. The Morgan fingerprint density at radius 2 is 1.24 bits per heavy atom. The first-order valence-corrected chi connectivity index (χ1v) is 16.6. The number of para-hydroxylation sites is 3. The molecule has 5 heterocycles. The molecule has 0 amide bonds. The Morgan fingerprint density at radius 3 is 2.14 bits per heavy atom. The third kappa shape index (κ3) is 4.33. The van der Waals surface area contributed by atoms with Crippen molar-refractivity contribution >= 4 is 71.1 Å². The van der Waals surface area contributed by atoms with Gasteiger partial charge in [0, 0.05) is 62.8 Å². The van der Waals surface area contributed by atoms with Crippen LogP contribution in [0.3, 0.4) is 0 Å². The fourth-order valence-corrected chi connectivity index (χ4v) is 7.75. The number of hydrogen-bond donors (Lipinski definition) is 0. The summed E-state index contributed by atoms with van der Waals surface area (Å²) in [6.45, 7) is 0. The summed E-state index contributed by atoms with van der Waals surface area (Å²) in [7, 11) is 0. The number of imidazole rings is 1. The van der Waals surface area contributed by atoms with Gasteiger partial charge in [0.1, 0.15) is 5.65 Å². The number of benzene rings is 6. The summed E-state index contributed by atoms with van der Waals surface area (Å²) in [6.07, 6.45) is 5.67. The van der Waals surface area contributed by atoms with Crippen molar-refractivity contribution in [3.63, 3.8) is 0 Å². The van der Waals surface area contributed by atoms with E-state index in [2.05, 4.69) is 140 Å². The first-order chi connectivity index (χ1) is 24.8. The normalized spacial score (nSPS) is 11.8. The zero-order valence-corrected chi connectivity index (χ0v) is 29.2. The van der Waals surface area contributed by atoms with Crippen molar-refractivity contribution in [2.45, 2.75) is 0 Å². The summed E-state index contributed by atoms with van der Waals surface area (Å²) in [5.41, 5.74) is 8.14. The summed E-state index contributed by atoms with van der Waals surface area (Å²) >= 11 is 0. The van der Waals surface area contributed by atoms with Crippen LogP contribution >= 0.6 is 0 Å². The number of hydrogen-bond acceptors (Lipinski definition) is 3. The van der Waals surface area contributed by atoms with Gasteiger partial charge in [-0.2, -0.15) is 6.07 Å². The van der Waals surface area contributed by atoms with E-state index in [0.717, 1.165) is 71.7 Å². The molecule has 0 radical (unpaired) electrons. The Balaban J connectivity index is 0.00000327. The third-order valence-corrected chi connectivity index (χ3v) is 9.79. The molecule has 0 aliphatic heterocycles. The van der Waals surface area contributed by atoms with Crippen LogP contribution in [0.5, 0.6) is 11.5 Å². The maximum atomic E-state index is 6.52. The molecule has 0 aliphatic carbocycles. The second kappa shape index (κ2) is 11.4. The SMILES string of the molecule is [Pt+2].[c-]1c(Oc2[c-]c3c(cc2)c2ccccc2n2ccnc32)cccc1-n1c2ncccc2c2ccc3c(c4ccccc4n3-c3ccccc3)c21. The van der Waals surface area contributed by atoms with E-state index in [0.29, 0.717) is 11.5 Å². The van der Waals surface area contributed by atoms with Crippen molar-refractivity contribution in [2.75, 3.05) is 0 Å². The second-order valence-corrected chi connectivity index (χ2v) is 12.5. The van der Waals surface area contributed by atoms with Gasteiger partial charge in [0.15, 0.2) is 0 Å². The van der Waals surface area contributed by atoms with Gasteiger partial charge in [-0.15, -0.1) is 30.3 Å². The summed E-state index contributed by atoms with van der Waals surface area (Å²) < 4.78 is 13.2. The molecule has 0 saturated carbocycles. The second-order valence-electron chi connectivity index (χ2n) is 12.5. The summed E-state index contributed by atoms with van der Waals surface area (Å²) in [6, 6.07) is 53.3. The van der Waals surface area contributed by atoms with Gasteiger partial charge >= 0.3 is 21.1 Å². The number of ether oxygens (including phenoxy) is 1. The number of rotatable bonds is 4. The zero-order valence-electron chi connectivity index (χ0n) is 26.9. The molecule has 11 aromatic rings. The Kier molecular flexibility index (Phi) is 6.64. The quantitative estimate of drug-likeness (QED) is 0.131. The Hall–Kier alpha value is -6.23. The summed E-state index contributed by atoms with van der Waals surface area (Å²) in [5.74, 6) is 1.18. The van der Waals surface area contributed by atoms with Crippen molar-refractivity contribution in [3.8, 4) is 22.9 Å². The fraction of sp³-hybridized carbons (Fsp3) is 0. The fourth-order valence-electron chi connectivity index (χ4n) is 7.75. The van der Waals surface area contributed by atoms with E-state index in [1.807, 2.05) is 42.9 Å². The maximum Gasteiger partial charge on any atom is 2.00 e. The van der Waals surface area contributed by atoms with Crippen LogP contribution in [0.1, 0.15) is 0 Å². The van der Waals surface area contributed by atoms with Crippen LogP contribution in [-0.4, -0.2) is 23.5 Å².